The molecule has 4 heteroatoms. The minimum atomic E-state index is -0.625. The molecule has 3 N–H and O–H groups in total. The average molecular weight is 222 g/mol. The number of nitrogens with one attached hydrogen (secondary N) is 1. The minimum absolute atomic E-state index is 0.0349. The quantitative estimate of drug-likeness (QED) is 0.776. The fraction of sp³-hybridized carbons (Fsp3) is 0.417. The van der Waals surface area contributed by atoms with Crippen LogP contribution in [-0.2, 0) is 9.53 Å². The Morgan fingerprint density at radius 3 is 2.62 bits per heavy atom. The molecular formula is C12H18N2O2. The van der Waals surface area contributed by atoms with Crippen molar-refractivity contribution in [2.45, 2.75) is 19.0 Å². The molecule has 0 radical (unpaired) electrons. The van der Waals surface area contributed by atoms with E-state index in [1.165, 1.54) is 0 Å². The Bertz CT molecular complexity index is 327. The van der Waals surface area contributed by atoms with Gasteiger partial charge in [-0.05, 0) is 12.5 Å². The molecule has 0 bridgehead atoms. The first-order valence-electron chi connectivity index (χ1n) is 5.25. The van der Waals surface area contributed by atoms with E-state index in [-0.39, 0.29) is 11.9 Å². The van der Waals surface area contributed by atoms with Crippen LogP contribution in [0.3, 0.4) is 0 Å². The Hall–Kier alpha value is -1.39. The summed E-state index contributed by atoms with van der Waals surface area (Å²) in [6.45, 7) is 2.35. The number of carbonyl (C=O) groups excluding carboxylic acids is 1. The second kappa shape index (κ2) is 6.25. The maximum Gasteiger partial charge on any atom is 0.241 e. The lowest BCUT2D eigenvalue weighted by Gasteiger charge is -2.17. The molecule has 1 aromatic carbocycles. The molecule has 1 amide bonds. The lowest BCUT2D eigenvalue weighted by molar-refractivity contribution is -0.123. The second-order valence-electron chi connectivity index (χ2n) is 3.75. The average Bonchev–Trinajstić information content (AvgIpc) is 2.29. The van der Waals surface area contributed by atoms with Crippen LogP contribution in [0.15, 0.2) is 30.3 Å². The molecule has 0 spiro atoms. The number of benzene rings is 1. The summed E-state index contributed by atoms with van der Waals surface area (Å²) >= 11 is 0. The fourth-order valence-corrected chi connectivity index (χ4v) is 1.44. The van der Waals surface area contributed by atoms with Crippen molar-refractivity contribution in [1.82, 2.24) is 5.32 Å². The van der Waals surface area contributed by atoms with Crippen LogP contribution in [0.4, 0.5) is 0 Å². The zero-order valence-corrected chi connectivity index (χ0v) is 9.64. The van der Waals surface area contributed by atoms with Gasteiger partial charge < -0.3 is 15.8 Å². The lowest BCUT2D eigenvalue weighted by atomic mass is 10.1. The van der Waals surface area contributed by atoms with Crippen LogP contribution in [0.2, 0.25) is 0 Å². The van der Waals surface area contributed by atoms with Gasteiger partial charge in [0.25, 0.3) is 0 Å². The van der Waals surface area contributed by atoms with E-state index in [0.29, 0.717) is 6.61 Å². The third-order valence-corrected chi connectivity index (χ3v) is 2.25. The van der Waals surface area contributed by atoms with Gasteiger partial charge in [-0.2, -0.15) is 0 Å². The predicted octanol–water partition coefficient (Wildman–Crippen LogP) is 0.838. The minimum Gasteiger partial charge on any atom is -0.383 e. The Balaban J connectivity index is 2.55. The van der Waals surface area contributed by atoms with Gasteiger partial charge in [0.15, 0.2) is 0 Å². The Morgan fingerprint density at radius 2 is 2.06 bits per heavy atom. The van der Waals surface area contributed by atoms with E-state index in [0.717, 1.165) is 5.56 Å². The van der Waals surface area contributed by atoms with Crippen molar-refractivity contribution in [2.75, 3.05) is 13.7 Å². The lowest BCUT2D eigenvalue weighted by Crippen LogP contribution is -2.41. The zero-order valence-electron chi connectivity index (χ0n) is 9.64. The smallest absolute Gasteiger partial charge is 0.241 e. The zero-order chi connectivity index (χ0) is 12.0. The number of amides is 1. The molecular weight excluding hydrogens is 204 g/mol. The van der Waals surface area contributed by atoms with Crippen LogP contribution in [0.1, 0.15) is 18.5 Å². The molecule has 4 nitrogen and oxygen atoms in total. The van der Waals surface area contributed by atoms with Gasteiger partial charge >= 0.3 is 0 Å². The van der Waals surface area contributed by atoms with E-state index in [1.54, 1.807) is 7.11 Å². The molecule has 0 aromatic heterocycles. The van der Waals surface area contributed by atoms with E-state index < -0.39 is 6.04 Å². The van der Waals surface area contributed by atoms with Gasteiger partial charge in [0.1, 0.15) is 6.04 Å². The SMILES string of the molecule is COCC(C)NC(=O)C(N)c1ccccc1. The van der Waals surface area contributed by atoms with Gasteiger partial charge in [0.05, 0.1) is 6.61 Å². The first-order chi connectivity index (χ1) is 7.65. The Morgan fingerprint density at radius 1 is 1.44 bits per heavy atom. The van der Waals surface area contributed by atoms with Crippen LogP contribution >= 0.6 is 0 Å². The maximum absolute atomic E-state index is 11.7. The molecule has 0 saturated carbocycles. The molecule has 2 atom stereocenters. The second-order valence-corrected chi connectivity index (χ2v) is 3.75. The number of hydrogen-bond donors (Lipinski definition) is 2. The van der Waals surface area contributed by atoms with Crippen molar-refractivity contribution in [1.29, 1.82) is 0 Å². The number of rotatable bonds is 5. The third-order valence-electron chi connectivity index (χ3n) is 2.25. The summed E-state index contributed by atoms with van der Waals surface area (Å²) in [5.41, 5.74) is 6.64. The van der Waals surface area contributed by atoms with Crippen molar-refractivity contribution in [3.63, 3.8) is 0 Å². The van der Waals surface area contributed by atoms with Gasteiger partial charge in [-0.1, -0.05) is 30.3 Å². The topological polar surface area (TPSA) is 64.3 Å². The number of carbonyl (C=O) groups is 1. The van der Waals surface area contributed by atoms with Crippen molar-refractivity contribution < 1.29 is 9.53 Å². The van der Waals surface area contributed by atoms with Gasteiger partial charge in [-0.3, -0.25) is 4.79 Å². The van der Waals surface area contributed by atoms with Crippen LogP contribution in [0.5, 0.6) is 0 Å². The van der Waals surface area contributed by atoms with Crippen LogP contribution in [0.25, 0.3) is 0 Å². The van der Waals surface area contributed by atoms with E-state index in [4.69, 9.17) is 10.5 Å². The molecule has 88 valence electrons. The summed E-state index contributed by atoms with van der Waals surface area (Å²) in [6.07, 6.45) is 0. The Labute approximate surface area is 95.8 Å². The summed E-state index contributed by atoms with van der Waals surface area (Å²) in [7, 11) is 1.60. The fourth-order valence-electron chi connectivity index (χ4n) is 1.44. The molecule has 2 unspecified atom stereocenters. The standard InChI is InChI=1S/C12H18N2O2/c1-9(8-16-2)14-12(15)11(13)10-6-4-3-5-7-10/h3-7,9,11H,8,13H2,1-2H3,(H,14,15). The Kier molecular flexibility index (Phi) is 4.95. The van der Waals surface area contributed by atoms with Crippen molar-refractivity contribution in [3.8, 4) is 0 Å². The van der Waals surface area contributed by atoms with E-state index >= 15 is 0 Å². The van der Waals surface area contributed by atoms with Gasteiger partial charge in [0.2, 0.25) is 5.91 Å². The normalized spacial score (nSPS) is 14.2. The number of methoxy groups -OCH3 is 1. The van der Waals surface area contributed by atoms with Gasteiger partial charge in [-0.15, -0.1) is 0 Å². The molecule has 0 heterocycles. The molecule has 1 rings (SSSR count). The van der Waals surface area contributed by atoms with E-state index in [2.05, 4.69) is 5.32 Å². The molecule has 0 aliphatic carbocycles. The van der Waals surface area contributed by atoms with Crippen LogP contribution < -0.4 is 11.1 Å². The molecule has 16 heavy (non-hydrogen) atoms. The van der Waals surface area contributed by atoms with E-state index in [1.807, 2.05) is 37.3 Å². The van der Waals surface area contributed by atoms with E-state index in [9.17, 15) is 4.79 Å². The summed E-state index contributed by atoms with van der Waals surface area (Å²) in [4.78, 5) is 11.7. The summed E-state index contributed by atoms with van der Waals surface area (Å²) in [6, 6.07) is 8.63. The maximum atomic E-state index is 11.7. The highest BCUT2D eigenvalue weighted by molar-refractivity contribution is 5.83. The molecule has 0 aliphatic rings. The van der Waals surface area contributed by atoms with Crippen LogP contribution in [0, 0.1) is 0 Å². The molecule has 0 fully saturated rings. The first kappa shape index (κ1) is 12.7. The summed E-state index contributed by atoms with van der Waals surface area (Å²) in [5, 5.41) is 2.79. The third kappa shape index (κ3) is 3.64. The number of nitrogens with two attached hydrogens (primary N) is 1. The summed E-state index contributed by atoms with van der Waals surface area (Å²) < 4.78 is 4.93. The van der Waals surface area contributed by atoms with Crippen LogP contribution in [-0.4, -0.2) is 25.7 Å². The first-order valence-corrected chi connectivity index (χ1v) is 5.25. The monoisotopic (exact) mass is 222 g/mol. The highest BCUT2D eigenvalue weighted by atomic mass is 16.5. The highest BCUT2D eigenvalue weighted by Crippen LogP contribution is 2.09. The summed E-state index contributed by atoms with van der Waals surface area (Å²) in [5.74, 6) is -0.184. The predicted molar refractivity (Wildman–Crippen MR) is 62.9 cm³/mol. The van der Waals surface area contributed by atoms with Crippen molar-refractivity contribution in [3.05, 3.63) is 35.9 Å². The van der Waals surface area contributed by atoms with Crippen molar-refractivity contribution in [2.24, 2.45) is 5.73 Å². The van der Waals surface area contributed by atoms with Gasteiger partial charge in [-0.25, -0.2) is 0 Å². The van der Waals surface area contributed by atoms with Crippen molar-refractivity contribution >= 4 is 5.91 Å². The molecule has 1 aromatic rings. The highest BCUT2D eigenvalue weighted by Gasteiger charge is 2.16. The number of ether oxygens (including phenoxy) is 1. The molecule has 0 saturated heterocycles. The number of hydrogen-bond acceptors (Lipinski definition) is 3. The van der Waals surface area contributed by atoms with Gasteiger partial charge in [0, 0.05) is 13.2 Å². The largest absolute Gasteiger partial charge is 0.383 e. The molecule has 0 aliphatic heterocycles.